The number of methoxy groups -OCH3 is 1. The molecule has 0 spiro atoms. The summed E-state index contributed by atoms with van der Waals surface area (Å²) in [6.07, 6.45) is 0. The van der Waals surface area contributed by atoms with Crippen molar-refractivity contribution in [3.05, 3.63) is 53.1 Å². The number of hydrogen-bond donors (Lipinski definition) is 0. The Labute approximate surface area is 156 Å². The van der Waals surface area contributed by atoms with Gasteiger partial charge in [-0.15, -0.1) is 0 Å². The van der Waals surface area contributed by atoms with E-state index in [4.69, 9.17) is 4.74 Å². The van der Waals surface area contributed by atoms with E-state index in [1.165, 1.54) is 16.8 Å². The normalized spacial score (nSPS) is 15.9. The first-order valence-electron chi connectivity index (χ1n) is 8.80. The Kier molecular flexibility index (Phi) is 5.25. The zero-order chi connectivity index (χ0) is 18.9. The van der Waals surface area contributed by atoms with Gasteiger partial charge in [0.1, 0.15) is 5.75 Å². The van der Waals surface area contributed by atoms with Crippen LogP contribution in [0.4, 0.5) is 5.69 Å². The van der Waals surface area contributed by atoms with Crippen molar-refractivity contribution in [3.8, 4) is 5.75 Å². The minimum absolute atomic E-state index is 0.360. The van der Waals surface area contributed by atoms with Crippen LogP contribution in [0.5, 0.6) is 5.75 Å². The van der Waals surface area contributed by atoms with Gasteiger partial charge in [0.05, 0.1) is 12.0 Å². The van der Waals surface area contributed by atoms with Crippen molar-refractivity contribution in [2.75, 3.05) is 38.2 Å². The van der Waals surface area contributed by atoms with Gasteiger partial charge in [-0.1, -0.05) is 12.1 Å². The molecule has 140 valence electrons. The summed E-state index contributed by atoms with van der Waals surface area (Å²) in [4.78, 5) is 2.63. The Morgan fingerprint density at radius 2 is 1.62 bits per heavy atom. The molecule has 0 aliphatic carbocycles. The van der Waals surface area contributed by atoms with Crippen LogP contribution in [-0.2, 0) is 10.0 Å². The fourth-order valence-corrected chi connectivity index (χ4v) is 5.05. The highest BCUT2D eigenvalue weighted by Gasteiger charge is 2.30. The van der Waals surface area contributed by atoms with E-state index in [0.717, 1.165) is 0 Å². The SMILES string of the molecule is COc1ccc(S(=O)(=O)N2CCN(c3cccc(C)c3C)CC2)c(C)c1. The molecule has 2 aromatic rings. The lowest BCUT2D eigenvalue weighted by Crippen LogP contribution is -2.49. The molecule has 3 rings (SSSR count). The minimum Gasteiger partial charge on any atom is -0.497 e. The van der Waals surface area contributed by atoms with Crippen molar-refractivity contribution >= 4 is 15.7 Å². The van der Waals surface area contributed by atoms with E-state index in [9.17, 15) is 8.42 Å². The predicted molar refractivity (Wildman–Crippen MR) is 105 cm³/mol. The Hall–Kier alpha value is -2.05. The number of ether oxygens (including phenoxy) is 1. The molecule has 1 aliphatic rings. The van der Waals surface area contributed by atoms with Crippen LogP contribution in [0.3, 0.4) is 0 Å². The molecule has 0 atom stereocenters. The third-order valence-corrected chi connectivity index (χ3v) is 7.21. The molecule has 1 aliphatic heterocycles. The maximum Gasteiger partial charge on any atom is 0.243 e. The largest absolute Gasteiger partial charge is 0.497 e. The maximum atomic E-state index is 13.0. The zero-order valence-corrected chi connectivity index (χ0v) is 16.6. The summed E-state index contributed by atoms with van der Waals surface area (Å²) in [6.45, 7) is 8.39. The molecule has 0 amide bonds. The Bertz CT molecular complexity index is 901. The molecule has 0 aromatic heterocycles. The van der Waals surface area contributed by atoms with Crippen LogP contribution >= 0.6 is 0 Å². The standard InChI is InChI=1S/C20H26N2O3S/c1-15-6-5-7-19(17(15)3)21-10-12-22(13-11-21)26(23,24)20-9-8-18(25-4)14-16(20)2/h5-9,14H,10-13H2,1-4H3. The molecule has 1 saturated heterocycles. The third kappa shape index (κ3) is 3.44. The molecule has 0 saturated carbocycles. The fraction of sp³-hybridized carbons (Fsp3) is 0.400. The zero-order valence-electron chi connectivity index (χ0n) is 15.8. The minimum atomic E-state index is -3.49. The molecular formula is C20H26N2O3S. The summed E-state index contributed by atoms with van der Waals surface area (Å²) in [5.41, 5.74) is 4.42. The van der Waals surface area contributed by atoms with Gasteiger partial charge in [0.25, 0.3) is 0 Å². The lowest BCUT2D eigenvalue weighted by atomic mass is 10.1. The van der Waals surface area contributed by atoms with Gasteiger partial charge in [0.2, 0.25) is 10.0 Å². The molecule has 0 bridgehead atoms. The number of benzene rings is 2. The van der Waals surface area contributed by atoms with Crippen LogP contribution in [0.2, 0.25) is 0 Å². The van der Waals surface area contributed by atoms with Gasteiger partial charge < -0.3 is 9.64 Å². The molecule has 5 nitrogen and oxygen atoms in total. The van der Waals surface area contributed by atoms with E-state index in [-0.39, 0.29) is 0 Å². The second-order valence-electron chi connectivity index (χ2n) is 6.74. The van der Waals surface area contributed by atoms with Crippen molar-refractivity contribution in [2.24, 2.45) is 0 Å². The van der Waals surface area contributed by atoms with Gasteiger partial charge in [-0.05, 0) is 61.7 Å². The third-order valence-electron chi connectivity index (χ3n) is 5.16. The summed E-state index contributed by atoms with van der Waals surface area (Å²) in [6, 6.07) is 11.4. The Morgan fingerprint density at radius 3 is 2.23 bits per heavy atom. The Morgan fingerprint density at radius 1 is 0.923 bits per heavy atom. The first kappa shape index (κ1) is 18.7. The van der Waals surface area contributed by atoms with Crippen LogP contribution in [-0.4, -0.2) is 46.0 Å². The number of hydrogen-bond acceptors (Lipinski definition) is 4. The summed E-state index contributed by atoms with van der Waals surface area (Å²) in [7, 11) is -1.91. The number of rotatable bonds is 4. The Balaban J connectivity index is 1.78. The lowest BCUT2D eigenvalue weighted by molar-refractivity contribution is 0.384. The van der Waals surface area contributed by atoms with Gasteiger partial charge in [0.15, 0.2) is 0 Å². The van der Waals surface area contributed by atoms with Crippen molar-refractivity contribution < 1.29 is 13.2 Å². The average Bonchev–Trinajstić information content (AvgIpc) is 2.63. The average molecular weight is 375 g/mol. The van der Waals surface area contributed by atoms with E-state index in [1.807, 2.05) is 6.92 Å². The van der Waals surface area contributed by atoms with Gasteiger partial charge in [0, 0.05) is 31.9 Å². The summed E-state index contributed by atoms with van der Waals surface area (Å²) in [5.74, 6) is 0.668. The number of aryl methyl sites for hydroxylation is 2. The highest BCUT2D eigenvalue weighted by molar-refractivity contribution is 7.89. The molecule has 6 heteroatoms. The number of nitrogens with zero attached hydrogens (tertiary/aromatic N) is 2. The smallest absolute Gasteiger partial charge is 0.243 e. The van der Waals surface area contributed by atoms with E-state index in [2.05, 4.69) is 36.9 Å². The van der Waals surface area contributed by atoms with E-state index < -0.39 is 10.0 Å². The van der Waals surface area contributed by atoms with Crippen LogP contribution < -0.4 is 9.64 Å². The van der Waals surface area contributed by atoms with Gasteiger partial charge in [-0.25, -0.2) is 8.42 Å². The lowest BCUT2D eigenvalue weighted by Gasteiger charge is -2.36. The quantitative estimate of drug-likeness (QED) is 0.825. The number of piperazine rings is 1. The summed E-state index contributed by atoms with van der Waals surface area (Å²) < 4.78 is 32.8. The van der Waals surface area contributed by atoms with Crippen LogP contribution in [0, 0.1) is 20.8 Å². The molecule has 0 N–H and O–H groups in total. The van der Waals surface area contributed by atoms with E-state index in [1.54, 1.807) is 29.6 Å². The number of sulfonamides is 1. The van der Waals surface area contributed by atoms with E-state index in [0.29, 0.717) is 42.4 Å². The topological polar surface area (TPSA) is 49.9 Å². The monoisotopic (exact) mass is 374 g/mol. The van der Waals surface area contributed by atoms with Crippen molar-refractivity contribution in [2.45, 2.75) is 25.7 Å². The van der Waals surface area contributed by atoms with Crippen molar-refractivity contribution in [1.29, 1.82) is 0 Å². The highest BCUT2D eigenvalue weighted by atomic mass is 32.2. The highest BCUT2D eigenvalue weighted by Crippen LogP contribution is 2.27. The predicted octanol–water partition coefficient (Wildman–Crippen LogP) is 3.13. The van der Waals surface area contributed by atoms with E-state index >= 15 is 0 Å². The van der Waals surface area contributed by atoms with Gasteiger partial charge >= 0.3 is 0 Å². The van der Waals surface area contributed by atoms with Crippen LogP contribution in [0.1, 0.15) is 16.7 Å². The van der Waals surface area contributed by atoms with Crippen molar-refractivity contribution in [1.82, 2.24) is 4.31 Å². The first-order valence-corrected chi connectivity index (χ1v) is 10.2. The summed E-state index contributed by atoms with van der Waals surface area (Å²) >= 11 is 0. The molecule has 1 fully saturated rings. The molecular weight excluding hydrogens is 348 g/mol. The van der Waals surface area contributed by atoms with Gasteiger partial charge in [-0.2, -0.15) is 4.31 Å². The van der Waals surface area contributed by atoms with Crippen LogP contribution in [0.15, 0.2) is 41.3 Å². The fourth-order valence-electron chi connectivity index (χ4n) is 3.42. The number of anilines is 1. The van der Waals surface area contributed by atoms with Crippen LogP contribution in [0.25, 0.3) is 0 Å². The molecule has 26 heavy (non-hydrogen) atoms. The molecule has 0 radical (unpaired) electrons. The summed E-state index contributed by atoms with van der Waals surface area (Å²) in [5, 5.41) is 0. The van der Waals surface area contributed by atoms with Gasteiger partial charge in [-0.3, -0.25) is 0 Å². The molecule has 2 aromatic carbocycles. The second kappa shape index (κ2) is 7.29. The molecule has 1 heterocycles. The first-order chi connectivity index (χ1) is 12.3. The second-order valence-corrected chi connectivity index (χ2v) is 8.65. The maximum absolute atomic E-state index is 13.0. The van der Waals surface area contributed by atoms with Crippen molar-refractivity contribution in [3.63, 3.8) is 0 Å². The molecule has 0 unspecified atom stereocenters.